The van der Waals surface area contributed by atoms with Crippen molar-refractivity contribution in [3.05, 3.63) is 70.3 Å². The van der Waals surface area contributed by atoms with Crippen LogP contribution < -0.4 is 5.32 Å². The van der Waals surface area contributed by atoms with E-state index < -0.39 is 0 Å². The van der Waals surface area contributed by atoms with Crippen molar-refractivity contribution >= 4 is 29.1 Å². The van der Waals surface area contributed by atoms with Gasteiger partial charge in [0.1, 0.15) is 5.82 Å². The number of benzene rings is 2. The average Bonchev–Trinajstić information content (AvgIpc) is 3.03. The summed E-state index contributed by atoms with van der Waals surface area (Å²) in [7, 11) is 0. The van der Waals surface area contributed by atoms with Crippen molar-refractivity contribution in [2.45, 2.75) is 37.8 Å². The fourth-order valence-electron chi connectivity index (χ4n) is 2.53. The number of aryl methyl sites for hydroxylation is 1. The van der Waals surface area contributed by atoms with E-state index in [2.05, 4.69) is 34.6 Å². The minimum atomic E-state index is -0.297. The smallest absolute Gasteiger partial charge is 0.191 e. The van der Waals surface area contributed by atoms with Gasteiger partial charge in [-0.2, -0.15) is 0 Å². The molecule has 0 spiro atoms. The Bertz CT molecular complexity index is 859. The largest absolute Gasteiger partial charge is 0.378 e. The minimum Gasteiger partial charge on any atom is -0.378 e. The summed E-state index contributed by atoms with van der Waals surface area (Å²) in [6.07, 6.45) is 0. The molecule has 0 bridgehead atoms. The molecule has 0 aliphatic rings. The number of aromatic nitrogens is 3. The lowest BCUT2D eigenvalue weighted by Crippen LogP contribution is -2.08. The summed E-state index contributed by atoms with van der Waals surface area (Å²) in [5, 5.41) is 13.1. The highest BCUT2D eigenvalue weighted by molar-refractivity contribution is 7.98. The Morgan fingerprint density at radius 2 is 1.92 bits per heavy atom. The van der Waals surface area contributed by atoms with Gasteiger partial charge in [0.25, 0.3) is 0 Å². The van der Waals surface area contributed by atoms with E-state index in [0.29, 0.717) is 22.9 Å². The van der Waals surface area contributed by atoms with Gasteiger partial charge in [-0.1, -0.05) is 47.1 Å². The molecule has 0 amide bonds. The predicted molar refractivity (Wildman–Crippen MR) is 105 cm³/mol. The average molecular weight is 391 g/mol. The molecule has 0 radical (unpaired) electrons. The Kier molecular flexibility index (Phi) is 6.16. The van der Waals surface area contributed by atoms with Crippen LogP contribution in [0.4, 0.5) is 10.1 Å². The lowest BCUT2D eigenvalue weighted by atomic mass is 10.2. The van der Waals surface area contributed by atoms with Gasteiger partial charge >= 0.3 is 0 Å². The van der Waals surface area contributed by atoms with Gasteiger partial charge < -0.3 is 9.88 Å². The Labute approximate surface area is 161 Å². The zero-order chi connectivity index (χ0) is 18.5. The molecule has 0 atom stereocenters. The molecule has 26 heavy (non-hydrogen) atoms. The van der Waals surface area contributed by atoms with Gasteiger partial charge in [0.2, 0.25) is 0 Å². The van der Waals surface area contributed by atoms with Gasteiger partial charge in [-0.15, -0.1) is 10.2 Å². The fourth-order valence-corrected chi connectivity index (χ4v) is 3.90. The van der Waals surface area contributed by atoms with Crippen LogP contribution in [0.5, 0.6) is 0 Å². The molecule has 136 valence electrons. The number of nitrogens with one attached hydrogen (secondary N) is 1. The van der Waals surface area contributed by atoms with Gasteiger partial charge in [-0.3, -0.25) is 0 Å². The molecule has 1 heterocycles. The van der Waals surface area contributed by atoms with Crippen molar-refractivity contribution in [1.29, 1.82) is 0 Å². The molecule has 7 heteroatoms. The topological polar surface area (TPSA) is 42.7 Å². The van der Waals surface area contributed by atoms with Gasteiger partial charge in [0.05, 0.1) is 6.54 Å². The van der Waals surface area contributed by atoms with E-state index in [9.17, 15) is 4.39 Å². The van der Waals surface area contributed by atoms with Crippen molar-refractivity contribution in [3.63, 3.8) is 0 Å². The predicted octanol–water partition coefficient (Wildman–Crippen LogP) is 5.30. The summed E-state index contributed by atoms with van der Waals surface area (Å²) in [5.74, 6) is 0.957. The van der Waals surface area contributed by atoms with Crippen molar-refractivity contribution in [2.24, 2.45) is 0 Å². The number of rotatable bonds is 7. The molecule has 1 aromatic heterocycles. The van der Waals surface area contributed by atoms with Crippen LogP contribution in [0.2, 0.25) is 5.02 Å². The van der Waals surface area contributed by atoms with Gasteiger partial charge in [-0.05, 0) is 38.1 Å². The first kappa shape index (κ1) is 18.7. The second kappa shape index (κ2) is 8.56. The maximum Gasteiger partial charge on any atom is 0.191 e. The molecule has 3 rings (SSSR count). The summed E-state index contributed by atoms with van der Waals surface area (Å²) in [4.78, 5) is 0. The van der Waals surface area contributed by atoms with Crippen molar-refractivity contribution in [1.82, 2.24) is 14.8 Å². The zero-order valence-corrected chi connectivity index (χ0v) is 16.2. The van der Waals surface area contributed by atoms with E-state index in [1.807, 2.05) is 23.6 Å². The quantitative estimate of drug-likeness (QED) is 0.555. The summed E-state index contributed by atoms with van der Waals surface area (Å²) in [5.41, 5.74) is 2.75. The van der Waals surface area contributed by atoms with E-state index in [1.54, 1.807) is 12.1 Å². The van der Waals surface area contributed by atoms with Crippen LogP contribution in [-0.4, -0.2) is 14.8 Å². The van der Waals surface area contributed by atoms with Crippen LogP contribution in [-0.2, 0) is 18.8 Å². The molecule has 0 aliphatic carbocycles. The summed E-state index contributed by atoms with van der Waals surface area (Å²) in [6.45, 7) is 5.41. The second-order valence-corrected chi connectivity index (χ2v) is 7.20. The highest BCUT2D eigenvalue weighted by Crippen LogP contribution is 2.28. The van der Waals surface area contributed by atoms with E-state index >= 15 is 0 Å². The standard InChI is InChI=1S/C19H20ClFN4S/c1-3-25-18(11-22-14-9-7-13(2)8-10-14)23-24-19(25)26-12-15-16(20)5-4-6-17(15)21/h4-10,22H,3,11-12H2,1-2H3. The second-order valence-electron chi connectivity index (χ2n) is 5.85. The summed E-state index contributed by atoms with van der Waals surface area (Å²) in [6, 6.07) is 12.9. The molecule has 0 saturated carbocycles. The van der Waals surface area contributed by atoms with Gasteiger partial charge in [0, 0.05) is 28.6 Å². The molecule has 1 N–H and O–H groups in total. The first-order valence-electron chi connectivity index (χ1n) is 8.36. The Balaban J connectivity index is 1.68. The molecule has 0 unspecified atom stereocenters. The summed E-state index contributed by atoms with van der Waals surface area (Å²) < 4.78 is 16.0. The first-order chi connectivity index (χ1) is 12.6. The highest BCUT2D eigenvalue weighted by Gasteiger charge is 2.14. The van der Waals surface area contributed by atoms with Crippen LogP contribution >= 0.6 is 23.4 Å². The highest BCUT2D eigenvalue weighted by atomic mass is 35.5. The number of hydrogen-bond acceptors (Lipinski definition) is 4. The van der Waals surface area contributed by atoms with Crippen LogP contribution in [0.1, 0.15) is 23.9 Å². The van der Waals surface area contributed by atoms with E-state index in [1.165, 1.54) is 23.4 Å². The molecule has 0 saturated heterocycles. The van der Waals surface area contributed by atoms with Gasteiger partial charge in [0.15, 0.2) is 11.0 Å². The third-order valence-corrected chi connectivity index (χ3v) is 5.37. The van der Waals surface area contributed by atoms with Crippen molar-refractivity contribution < 1.29 is 4.39 Å². The molecule has 0 aliphatic heterocycles. The number of thioether (sulfide) groups is 1. The minimum absolute atomic E-state index is 0.297. The molecule has 3 aromatic rings. The Morgan fingerprint density at radius 3 is 2.62 bits per heavy atom. The number of hydrogen-bond donors (Lipinski definition) is 1. The molecule has 0 fully saturated rings. The van der Waals surface area contributed by atoms with E-state index in [4.69, 9.17) is 11.6 Å². The van der Waals surface area contributed by atoms with Crippen LogP contribution in [0.15, 0.2) is 47.6 Å². The van der Waals surface area contributed by atoms with E-state index in [-0.39, 0.29) is 5.82 Å². The Hall–Kier alpha value is -2.05. The maximum absolute atomic E-state index is 13.9. The summed E-state index contributed by atoms with van der Waals surface area (Å²) >= 11 is 7.53. The normalized spacial score (nSPS) is 10.9. The zero-order valence-electron chi connectivity index (χ0n) is 14.7. The van der Waals surface area contributed by atoms with Crippen molar-refractivity contribution in [2.75, 3.05) is 5.32 Å². The number of nitrogens with zero attached hydrogens (tertiary/aromatic N) is 3. The Morgan fingerprint density at radius 1 is 1.15 bits per heavy atom. The first-order valence-corrected chi connectivity index (χ1v) is 9.73. The van der Waals surface area contributed by atoms with Crippen LogP contribution in [0.25, 0.3) is 0 Å². The third-order valence-electron chi connectivity index (χ3n) is 4.02. The third kappa shape index (κ3) is 4.37. The van der Waals surface area contributed by atoms with Gasteiger partial charge in [-0.25, -0.2) is 4.39 Å². The van der Waals surface area contributed by atoms with Crippen LogP contribution in [0, 0.1) is 12.7 Å². The fraction of sp³-hybridized carbons (Fsp3) is 0.263. The number of halogens is 2. The lowest BCUT2D eigenvalue weighted by molar-refractivity contribution is 0.617. The van der Waals surface area contributed by atoms with E-state index in [0.717, 1.165) is 23.2 Å². The molecular formula is C19H20ClFN4S. The molecular weight excluding hydrogens is 371 g/mol. The maximum atomic E-state index is 13.9. The van der Waals surface area contributed by atoms with Crippen molar-refractivity contribution in [3.8, 4) is 0 Å². The molecule has 2 aromatic carbocycles. The van der Waals surface area contributed by atoms with Crippen LogP contribution in [0.3, 0.4) is 0 Å². The lowest BCUT2D eigenvalue weighted by Gasteiger charge is -2.10. The molecule has 4 nitrogen and oxygen atoms in total. The SMILES string of the molecule is CCn1c(CNc2ccc(C)cc2)nnc1SCc1c(F)cccc1Cl. The number of anilines is 1. The monoisotopic (exact) mass is 390 g/mol.